The van der Waals surface area contributed by atoms with Crippen molar-refractivity contribution in [2.24, 2.45) is 0 Å². The van der Waals surface area contributed by atoms with Gasteiger partial charge in [0.25, 0.3) is 0 Å². The SMILES string of the molecule is CS(=O)(=O)c1cc(OC(F)(F)F)cnc1C#N. The maximum atomic E-state index is 11.9. The van der Waals surface area contributed by atoms with Gasteiger partial charge >= 0.3 is 6.36 Å². The number of rotatable bonds is 2. The molecule has 0 radical (unpaired) electrons. The molecule has 0 fully saturated rings. The van der Waals surface area contributed by atoms with E-state index in [1.165, 1.54) is 6.07 Å². The van der Waals surface area contributed by atoms with E-state index in [1.807, 2.05) is 0 Å². The zero-order valence-corrected chi connectivity index (χ0v) is 9.13. The molecule has 0 spiro atoms. The molecular formula is C8H5F3N2O3S. The average molecular weight is 266 g/mol. The van der Waals surface area contributed by atoms with Crippen LogP contribution in [0.3, 0.4) is 0 Å². The quantitative estimate of drug-likeness (QED) is 0.804. The maximum Gasteiger partial charge on any atom is 0.573 e. The number of ether oxygens (including phenoxy) is 1. The summed E-state index contributed by atoms with van der Waals surface area (Å²) >= 11 is 0. The highest BCUT2D eigenvalue weighted by atomic mass is 32.2. The third-order valence-electron chi connectivity index (χ3n) is 1.57. The minimum absolute atomic E-state index is 0.484. The Morgan fingerprint density at radius 3 is 2.47 bits per heavy atom. The predicted molar refractivity (Wildman–Crippen MR) is 48.7 cm³/mol. The molecule has 0 bridgehead atoms. The molecule has 0 unspecified atom stereocenters. The van der Waals surface area contributed by atoms with Crippen molar-refractivity contribution in [2.75, 3.05) is 6.26 Å². The van der Waals surface area contributed by atoms with E-state index in [0.717, 1.165) is 6.26 Å². The third-order valence-corrected chi connectivity index (χ3v) is 2.68. The van der Waals surface area contributed by atoms with Gasteiger partial charge in [-0.1, -0.05) is 0 Å². The lowest BCUT2D eigenvalue weighted by Crippen LogP contribution is -2.17. The molecule has 5 nitrogen and oxygen atoms in total. The van der Waals surface area contributed by atoms with Crippen LogP contribution in [0.25, 0.3) is 0 Å². The van der Waals surface area contributed by atoms with Crippen LogP contribution in [0, 0.1) is 11.3 Å². The highest BCUT2D eigenvalue weighted by molar-refractivity contribution is 7.90. The largest absolute Gasteiger partial charge is 0.573 e. The van der Waals surface area contributed by atoms with E-state index in [9.17, 15) is 21.6 Å². The Morgan fingerprint density at radius 1 is 1.47 bits per heavy atom. The Hall–Kier alpha value is -1.82. The Labute approximate surface area is 94.4 Å². The van der Waals surface area contributed by atoms with Crippen molar-refractivity contribution in [1.82, 2.24) is 4.98 Å². The molecule has 1 rings (SSSR count). The molecular weight excluding hydrogens is 261 g/mol. The van der Waals surface area contributed by atoms with Crippen LogP contribution in [0.5, 0.6) is 5.75 Å². The normalized spacial score (nSPS) is 11.9. The zero-order valence-electron chi connectivity index (χ0n) is 8.32. The second-order valence-corrected chi connectivity index (χ2v) is 4.93. The number of sulfone groups is 1. The number of hydrogen-bond donors (Lipinski definition) is 0. The van der Waals surface area contributed by atoms with E-state index >= 15 is 0 Å². The molecule has 17 heavy (non-hydrogen) atoms. The van der Waals surface area contributed by atoms with E-state index in [0.29, 0.717) is 12.3 Å². The van der Waals surface area contributed by atoms with Crippen LogP contribution >= 0.6 is 0 Å². The summed E-state index contributed by atoms with van der Waals surface area (Å²) in [7, 11) is -3.86. The molecule has 0 aliphatic rings. The number of nitrogens with zero attached hydrogens (tertiary/aromatic N) is 2. The molecule has 92 valence electrons. The van der Waals surface area contributed by atoms with E-state index in [4.69, 9.17) is 5.26 Å². The van der Waals surface area contributed by atoms with Crippen LogP contribution in [0.1, 0.15) is 5.69 Å². The minimum atomic E-state index is -4.95. The van der Waals surface area contributed by atoms with Gasteiger partial charge < -0.3 is 4.74 Å². The van der Waals surface area contributed by atoms with Crippen LogP contribution in [-0.4, -0.2) is 26.0 Å². The monoisotopic (exact) mass is 266 g/mol. The van der Waals surface area contributed by atoms with Crippen molar-refractivity contribution in [3.8, 4) is 11.8 Å². The lowest BCUT2D eigenvalue weighted by atomic mass is 10.3. The molecule has 1 aromatic rings. The molecule has 9 heteroatoms. The Bertz CT molecular complexity index is 575. The molecule has 0 amide bonds. The Morgan fingerprint density at radius 2 is 2.06 bits per heavy atom. The van der Waals surface area contributed by atoms with Crippen molar-refractivity contribution < 1.29 is 26.3 Å². The minimum Gasteiger partial charge on any atom is -0.404 e. The zero-order chi connectivity index (χ0) is 13.3. The van der Waals surface area contributed by atoms with Crippen LogP contribution in [0.2, 0.25) is 0 Å². The average Bonchev–Trinajstić information content (AvgIpc) is 2.13. The number of hydrogen-bond acceptors (Lipinski definition) is 5. The fourth-order valence-electron chi connectivity index (χ4n) is 0.983. The third kappa shape index (κ3) is 3.60. The van der Waals surface area contributed by atoms with Gasteiger partial charge in [0, 0.05) is 12.3 Å². The second-order valence-electron chi connectivity index (χ2n) is 2.95. The first-order valence-electron chi connectivity index (χ1n) is 3.99. The second kappa shape index (κ2) is 4.21. The van der Waals surface area contributed by atoms with Crippen molar-refractivity contribution >= 4 is 9.84 Å². The van der Waals surface area contributed by atoms with Crippen LogP contribution in [-0.2, 0) is 9.84 Å². The summed E-state index contributed by atoms with van der Waals surface area (Å²) in [6.07, 6.45) is -3.58. The van der Waals surface area contributed by atoms with E-state index in [2.05, 4.69) is 9.72 Å². The number of halogens is 3. The summed E-state index contributed by atoms with van der Waals surface area (Å²) in [5.41, 5.74) is -0.484. The number of pyridine rings is 1. The summed E-state index contributed by atoms with van der Waals surface area (Å²) in [5.74, 6) is -0.795. The van der Waals surface area contributed by atoms with Gasteiger partial charge in [-0.15, -0.1) is 13.2 Å². The molecule has 1 heterocycles. The molecule has 0 atom stereocenters. The van der Waals surface area contributed by atoms with Crippen molar-refractivity contribution in [1.29, 1.82) is 5.26 Å². The highest BCUT2D eigenvalue weighted by Gasteiger charge is 2.32. The predicted octanol–water partition coefficient (Wildman–Crippen LogP) is 1.26. The van der Waals surface area contributed by atoms with Crippen LogP contribution in [0.4, 0.5) is 13.2 Å². The summed E-state index contributed by atoms with van der Waals surface area (Å²) in [4.78, 5) is 2.67. The summed E-state index contributed by atoms with van der Waals surface area (Å²) in [6, 6.07) is 2.07. The topological polar surface area (TPSA) is 80.1 Å². The molecule has 0 N–H and O–H groups in total. The van der Waals surface area contributed by atoms with Gasteiger partial charge in [-0.2, -0.15) is 5.26 Å². The standard InChI is InChI=1S/C8H5F3N2O3S/c1-17(14,15)7-2-5(16-8(9,10)11)4-13-6(7)3-12/h2,4H,1H3. The number of aromatic nitrogens is 1. The lowest BCUT2D eigenvalue weighted by molar-refractivity contribution is -0.274. The fourth-order valence-corrected chi connectivity index (χ4v) is 1.76. The van der Waals surface area contributed by atoms with Gasteiger partial charge in [-0.25, -0.2) is 13.4 Å². The van der Waals surface area contributed by atoms with Crippen LogP contribution in [0.15, 0.2) is 17.2 Å². The highest BCUT2D eigenvalue weighted by Crippen LogP contribution is 2.25. The summed E-state index contributed by atoms with van der Waals surface area (Å²) in [5, 5.41) is 8.57. The first kappa shape index (κ1) is 13.2. The van der Waals surface area contributed by atoms with Gasteiger partial charge in [0.15, 0.2) is 15.5 Å². The van der Waals surface area contributed by atoms with Gasteiger partial charge in [0.2, 0.25) is 0 Å². The van der Waals surface area contributed by atoms with E-state index in [1.54, 1.807) is 0 Å². The van der Waals surface area contributed by atoms with Gasteiger partial charge in [0.05, 0.1) is 6.20 Å². The Balaban J connectivity index is 3.30. The Kier molecular flexibility index (Phi) is 3.28. The smallest absolute Gasteiger partial charge is 0.404 e. The molecule has 0 saturated heterocycles. The van der Waals surface area contributed by atoms with Gasteiger partial charge in [-0.3, -0.25) is 0 Å². The first-order valence-corrected chi connectivity index (χ1v) is 5.88. The van der Waals surface area contributed by atoms with Gasteiger partial charge in [0.1, 0.15) is 16.7 Å². The number of nitriles is 1. The van der Waals surface area contributed by atoms with Crippen molar-refractivity contribution in [3.63, 3.8) is 0 Å². The van der Waals surface area contributed by atoms with Gasteiger partial charge in [-0.05, 0) is 0 Å². The maximum absolute atomic E-state index is 11.9. The fraction of sp³-hybridized carbons (Fsp3) is 0.250. The number of alkyl halides is 3. The van der Waals surface area contributed by atoms with Crippen molar-refractivity contribution in [3.05, 3.63) is 18.0 Å². The molecule has 0 aliphatic carbocycles. The summed E-state index contributed by atoms with van der Waals surface area (Å²) < 4.78 is 61.6. The van der Waals surface area contributed by atoms with E-state index < -0.39 is 32.5 Å². The molecule has 0 aliphatic heterocycles. The summed E-state index contributed by atoms with van der Waals surface area (Å²) in [6.45, 7) is 0. The first-order chi connectivity index (χ1) is 7.63. The molecule has 1 aromatic heterocycles. The van der Waals surface area contributed by atoms with Crippen molar-refractivity contribution in [2.45, 2.75) is 11.3 Å². The van der Waals surface area contributed by atoms with Crippen LogP contribution < -0.4 is 4.74 Å². The molecule has 0 aromatic carbocycles. The lowest BCUT2D eigenvalue weighted by Gasteiger charge is -2.09. The molecule has 0 saturated carbocycles. The van der Waals surface area contributed by atoms with E-state index in [-0.39, 0.29) is 0 Å².